The van der Waals surface area contributed by atoms with Crippen LogP contribution < -0.4 is 0 Å². The van der Waals surface area contributed by atoms with Crippen molar-refractivity contribution in [1.82, 2.24) is 14.7 Å². The number of aromatic hydroxyl groups is 1. The SMILES string of the molecule is O=C(c1cccc(O)c1)N1CCN(C(=O)C(c2ccccc2)N2CCC(O)CC2)CC1. The van der Waals surface area contributed by atoms with E-state index in [0.29, 0.717) is 57.7 Å². The molecule has 1 atom stereocenters. The fourth-order valence-corrected chi connectivity index (χ4v) is 4.41. The Kier molecular flexibility index (Phi) is 6.53. The lowest BCUT2D eigenvalue weighted by molar-refractivity contribution is -0.139. The molecule has 7 heteroatoms. The van der Waals surface area contributed by atoms with Crippen LogP contribution in [-0.4, -0.2) is 82.1 Å². The smallest absolute Gasteiger partial charge is 0.254 e. The molecular weight excluding hydrogens is 394 g/mol. The maximum Gasteiger partial charge on any atom is 0.254 e. The van der Waals surface area contributed by atoms with Crippen LogP contribution in [0.3, 0.4) is 0 Å². The van der Waals surface area contributed by atoms with Crippen LogP contribution in [0.2, 0.25) is 0 Å². The number of phenolic OH excluding ortho intramolecular Hbond substituents is 1. The van der Waals surface area contributed by atoms with Gasteiger partial charge >= 0.3 is 0 Å². The van der Waals surface area contributed by atoms with Crippen molar-refractivity contribution in [2.75, 3.05) is 39.3 Å². The van der Waals surface area contributed by atoms with Crippen LogP contribution in [-0.2, 0) is 4.79 Å². The lowest BCUT2D eigenvalue weighted by Gasteiger charge is -2.41. The number of hydrogen-bond acceptors (Lipinski definition) is 5. The van der Waals surface area contributed by atoms with Gasteiger partial charge in [-0.1, -0.05) is 36.4 Å². The van der Waals surface area contributed by atoms with E-state index >= 15 is 0 Å². The Morgan fingerprint density at radius 2 is 1.48 bits per heavy atom. The largest absolute Gasteiger partial charge is 0.508 e. The number of phenols is 1. The summed E-state index contributed by atoms with van der Waals surface area (Å²) in [4.78, 5) is 32.0. The normalized spacial score (nSPS) is 19.3. The van der Waals surface area contributed by atoms with Crippen molar-refractivity contribution in [1.29, 1.82) is 0 Å². The van der Waals surface area contributed by atoms with E-state index in [-0.39, 0.29) is 29.7 Å². The second-order valence-electron chi connectivity index (χ2n) is 8.25. The molecule has 1 unspecified atom stereocenters. The summed E-state index contributed by atoms with van der Waals surface area (Å²) in [6, 6.07) is 15.8. The molecule has 0 bridgehead atoms. The van der Waals surface area contributed by atoms with Gasteiger partial charge in [-0.3, -0.25) is 14.5 Å². The molecule has 2 aromatic rings. The molecule has 2 aliphatic rings. The fourth-order valence-electron chi connectivity index (χ4n) is 4.41. The van der Waals surface area contributed by atoms with Gasteiger partial charge in [0.15, 0.2) is 0 Å². The molecule has 2 heterocycles. The highest BCUT2D eigenvalue weighted by molar-refractivity contribution is 5.94. The first-order valence-electron chi connectivity index (χ1n) is 10.9. The van der Waals surface area contributed by atoms with Gasteiger partial charge in [0.25, 0.3) is 5.91 Å². The van der Waals surface area contributed by atoms with Crippen molar-refractivity contribution in [3.63, 3.8) is 0 Å². The summed E-state index contributed by atoms with van der Waals surface area (Å²) in [6.07, 6.45) is 1.04. The van der Waals surface area contributed by atoms with Gasteiger partial charge in [-0.05, 0) is 36.6 Å². The molecule has 164 valence electrons. The van der Waals surface area contributed by atoms with Gasteiger partial charge in [0.1, 0.15) is 11.8 Å². The minimum absolute atomic E-state index is 0.0482. The van der Waals surface area contributed by atoms with Crippen LogP contribution in [0.1, 0.15) is 34.8 Å². The zero-order chi connectivity index (χ0) is 21.8. The summed E-state index contributed by atoms with van der Waals surface area (Å²) in [5.74, 6) is -0.0170. The number of hydrogen-bond donors (Lipinski definition) is 2. The molecule has 0 saturated carbocycles. The van der Waals surface area contributed by atoms with Crippen LogP contribution in [0, 0.1) is 0 Å². The third-order valence-corrected chi connectivity index (χ3v) is 6.19. The van der Waals surface area contributed by atoms with Gasteiger partial charge in [0, 0.05) is 44.8 Å². The standard InChI is InChI=1S/C24H29N3O4/c28-20-9-11-25(12-10-20)22(18-5-2-1-3-6-18)24(31)27-15-13-26(14-16-27)23(30)19-7-4-8-21(29)17-19/h1-8,17,20,22,28-29H,9-16H2. The van der Waals surface area contributed by atoms with Gasteiger partial charge < -0.3 is 20.0 Å². The summed E-state index contributed by atoms with van der Waals surface area (Å²) >= 11 is 0. The van der Waals surface area contributed by atoms with Crippen molar-refractivity contribution >= 4 is 11.8 Å². The van der Waals surface area contributed by atoms with E-state index in [1.807, 2.05) is 35.2 Å². The van der Waals surface area contributed by atoms with E-state index in [9.17, 15) is 19.8 Å². The molecular formula is C24H29N3O4. The van der Waals surface area contributed by atoms with Crippen LogP contribution in [0.25, 0.3) is 0 Å². The molecule has 2 N–H and O–H groups in total. The van der Waals surface area contributed by atoms with Crippen LogP contribution >= 0.6 is 0 Å². The van der Waals surface area contributed by atoms with Crippen LogP contribution in [0.15, 0.2) is 54.6 Å². The molecule has 4 rings (SSSR count). The predicted molar refractivity (Wildman–Crippen MR) is 117 cm³/mol. The van der Waals surface area contributed by atoms with Crippen molar-refractivity contribution in [2.45, 2.75) is 25.0 Å². The average molecular weight is 424 g/mol. The number of nitrogens with zero attached hydrogens (tertiary/aromatic N) is 3. The Labute approximate surface area is 182 Å². The number of piperazine rings is 1. The third-order valence-electron chi connectivity index (χ3n) is 6.19. The van der Waals surface area contributed by atoms with Gasteiger partial charge in [-0.15, -0.1) is 0 Å². The number of amides is 2. The van der Waals surface area contributed by atoms with Crippen molar-refractivity contribution in [3.8, 4) is 5.75 Å². The number of piperidine rings is 1. The lowest BCUT2D eigenvalue weighted by atomic mass is 9.99. The van der Waals surface area contributed by atoms with E-state index in [2.05, 4.69) is 4.90 Å². The molecule has 2 amide bonds. The maximum absolute atomic E-state index is 13.6. The summed E-state index contributed by atoms with van der Waals surface area (Å²) < 4.78 is 0. The zero-order valence-corrected chi connectivity index (χ0v) is 17.6. The van der Waals surface area contributed by atoms with Gasteiger partial charge in [0.2, 0.25) is 5.91 Å². The molecule has 31 heavy (non-hydrogen) atoms. The molecule has 0 aromatic heterocycles. The summed E-state index contributed by atoms with van der Waals surface area (Å²) in [7, 11) is 0. The highest BCUT2D eigenvalue weighted by atomic mass is 16.3. The molecule has 7 nitrogen and oxygen atoms in total. The molecule has 2 aliphatic heterocycles. The maximum atomic E-state index is 13.6. The zero-order valence-electron chi connectivity index (χ0n) is 17.6. The van der Waals surface area contributed by atoms with Gasteiger partial charge in [-0.2, -0.15) is 0 Å². The van der Waals surface area contributed by atoms with E-state index in [0.717, 1.165) is 5.56 Å². The number of carbonyl (C=O) groups excluding carboxylic acids is 2. The second-order valence-corrected chi connectivity index (χ2v) is 8.25. The van der Waals surface area contributed by atoms with E-state index in [4.69, 9.17) is 0 Å². The minimum atomic E-state index is -0.373. The quantitative estimate of drug-likeness (QED) is 0.785. The highest BCUT2D eigenvalue weighted by Crippen LogP contribution is 2.27. The number of rotatable bonds is 4. The number of aliphatic hydroxyl groups is 1. The van der Waals surface area contributed by atoms with E-state index in [1.54, 1.807) is 17.0 Å². The third kappa shape index (κ3) is 4.89. The number of likely N-dealkylation sites (tertiary alicyclic amines) is 1. The Bertz CT molecular complexity index is 904. The Balaban J connectivity index is 1.44. The predicted octanol–water partition coefficient (Wildman–Crippen LogP) is 1.87. The highest BCUT2D eigenvalue weighted by Gasteiger charge is 2.35. The molecule has 2 fully saturated rings. The first-order chi connectivity index (χ1) is 15.0. The molecule has 0 spiro atoms. The Morgan fingerprint density at radius 1 is 0.839 bits per heavy atom. The molecule has 0 aliphatic carbocycles. The lowest BCUT2D eigenvalue weighted by Crippen LogP contribution is -2.54. The van der Waals surface area contributed by atoms with Crippen molar-refractivity contribution in [2.24, 2.45) is 0 Å². The Morgan fingerprint density at radius 3 is 2.13 bits per heavy atom. The number of aliphatic hydroxyl groups excluding tert-OH is 1. The first kappa shape index (κ1) is 21.3. The monoisotopic (exact) mass is 423 g/mol. The average Bonchev–Trinajstić information content (AvgIpc) is 2.81. The molecule has 2 saturated heterocycles. The fraction of sp³-hybridized carbons (Fsp3) is 0.417. The van der Waals surface area contributed by atoms with E-state index < -0.39 is 0 Å². The Hall–Kier alpha value is -2.90. The van der Waals surface area contributed by atoms with Gasteiger partial charge in [0.05, 0.1) is 6.10 Å². The van der Waals surface area contributed by atoms with Crippen LogP contribution in [0.5, 0.6) is 5.75 Å². The molecule has 2 aromatic carbocycles. The first-order valence-corrected chi connectivity index (χ1v) is 10.9. The van der Waals surface area contributed by atoms with Crippen molar-refractivity contribution < 1.29 is 19.8 Å². The number of carbonyl (C=O) groups is 2. The van der Waals surface area contributed by atoms with E-state index in [1.165, 1.54) is 12.1 Å². The summed E-state index contributed by atoms with van der Waals surface area (Å²) in [6.45, 7) is 3.23. The van der Waals surface area contributed by atoms with Gasteiger partial charge in [-0.25, -0.2) is 0 Å². The van der Waals surface area contributed by atoms with Crippen molar-refractivity contribution in [3.05, 3.63) is 65.7 Å². The van der Waals surface area contributed by atoms with Crippen LogP contribution in [0.4, 0.5) is 0 Å². The second kappa shape index (κ2) is 9.49. The minimum Gasteiger partial charge on any atom is -0.508 e. The summed E-state index contributed by atoms with van der Waals surface area (Å²) in [5, 5.41) is 19.5. The topological polar surface area (TPSA) is 84.3 Å². The summed E-state index contributed by atoms with van der Waals surface area (Å²) in [5.41, 5.74) is 1.41. The molecule has 0 radical (unpaired) electrons. The number of benzene rings is 2.